The molecule has 2 rings (SSSR count). The summed E-state index contributed by atoms with van der Waals surface area (Å²) in [6.07, 6.45) is 2.35. The minimum Gasteiger partial charge on any atom is -0.449 e. The highest BCUT2D eigenvalue weighted by molar-refractivity contribution is 5.76. The summed E-state index contributed by atoms with van der Waals surface area (Å²) < 4.78 is 18.0. The number of amides is 1. The first-order chi connectivity index (χ1) is 9.13. The molecule has 0 aliphatic carbocycles. The Morgan fingerprint density at radius 2 is 2.32 bits per heavy atom. The van der Waals surface area contributed by atoms with Crippen molar-refractivity contribution < 1.29 is 13.6 Å². The molecular weight excluding hydrogens is 247 g/mol. The lowest BCUT2D eigenvalue weighted by molar-refractivity contribution is -0.121. The van der Waals surface area contributed by atoms with Crippen LogP contribution in [0.3, 0.4) is 0 Å². The second-order valence-electron chi connectivity index (χ2n) is 4.26. The van der Waals surface area contributed by atoms with Gasteiger partial charge in [-0.3, -0.25) is 4.79 Å². The molecule has 0 aliphatic heterocycles. The number of benzene rings is 1. The standard InChI is InChI=1S/C14H15FN2O2/c1-10-17-13(9-19-10)8-16-14(18)6-5-11-3-2-4-12(15)7-11/h2-4,7,9H,5-6,8H2,1H3,(H,16,18). The van der Waals surface area contributed by atoms with Gasteiger partial charge < -0.3 is 9.73 Å². The monoisotopic (exact) mass is 262 g/mol. The van der Waals surface area contributed by atoms with Gasteiger partial charge >= 0.3 is 0 Å². The number of hydrogen-bond donors (Lipinski definition) is 1. The zero-order valence-corrected chi connectivity index (χ0v) is 10.6. The van der Waals surface area contributed by atoms with Crippen LogP contribution in [0.2, 0.25) is 0 Å². The van der Waals surface area contributed by atoms with E-state index in [0.29, 0.717) is 31.0 Å². The molecule has 0 spiro atoms. The summed E-state index contributed by atoms with van der Waals surface area (Å²) in [5.74, 6) is 0.199. The van der Waals surface area contributed by atoms with Gasteiger partial charge in [0.1, 0.15) is 12.1 Å². The number of aromatic nitrogens is 1. The number of nitrogens with zero attached hydrogens (tertiary/aromatic N) is 1. The van der Waals surface area contributed by atoms with E-state index in [1.54, 1.807) is 19.1 Å². The van der Waals surface area contributed by atoms with Gasteiger partial charge in [0.15, 0.2) is 5.89 Å². The Morgan fingerprint density at radius 1 is 1.47 bits per heavy atom. The van der Waals surface area contributed by atoms with Crippen molar-refractivity contribution in [1.82, 2.24) is 10.3 Å². The fraction of sp³-hybridized carbons (Fsp3) is 0.286. The molecule has 0 fully saturated rings. The third-order valence-electron chi connectivity index (χ3n) is 2.66. The quantitative estimate of drug-likeness (QED) is 0.900. The summed E-state index contributed by atoms with van der Waals surface area (Å²) in [5.41, 5.74) is 1.50. The van der Waals surface area contributed by atoms with Gasteiger partial charge in [-0.1, -0.05) is 12.1 Å². The van der Waals surface area contributed by atoms with Gasteiger partial charge in [-0.05, 0) is 24.1 Å². The molecule has 0 radical (unpaired) electrons. The molecule has 1 aromatic carbocycles. The number of halogens is 1. The zero-order chi connectivity index (χ0) is 13.7. The molecule has 0 saturated carbocycles. The predicted octanol–water partition coefficient (Wildman–Crippen LogP) is 2.37. The Balaban J connectivity index is 1.75. The van der Waals surface area contributed by atoms with Crippen molar-refractivity contribution in [2.75, 3.05) is 0 Å². The van der Waals surface area contributed by atoms with Crippen LogP contribution in [0.5, 0.6) is 0 Å². The van der Waals surface area contributed by atoms with Crippen molar-refractivity contribution in [3.05, 3.63) is 53.5 Å². The summed E-state index contributed by atoms with van der Waals surface area (Å²) >= 11 is 0. The van der Waals surface area contributed by atoms with E-state index in [-0.39, 0.29) is 11.7 Å². The number of carbonyl (C=O) groups is 1. The van der Waals surface area contributed by atoms with Gasteiger partial charge in [0.25, 0.3) is 0 Å². The van der Waals surface area contributed by atoms with E-state index in [1.165, 1.54) is 18.4 Å². The minimum atomic E-state index is -0.281. The van der Waals surface area contributed by atoms with Crippen LogP contribution >= 0.6 is 0 Å². The highest BCUT2D eigenvalue weighted by Gasteiger charge is 2.05. The summed E-state index contributed by atoms with van der Waals surface area (Å²) in [6.45, 7) is 2.09. The molecule has 1 heterocycles. The second-order valence-corrected chi connectivity index (χ2v) is 4.26. The van der Waals surface area contributed by atoms with Crippen LogP contribution in [0.15, 0.2) is 34.9 Å². The first-order valence-electron chi connectivity index (χ1n) is 6.05. The molecule has 0 unspecified atom stereocenters. The lowest BCUT2D eigenvalue weighted by Crippen LogP contribution is -2.23. The van der Waals surface area contributed by atoms with Crippen molar-refractivity contribution in [2.45, 2.75) is 26.3 Å². The van der Waals surface area contributed by atoms with Gasteiger partial charge in [-0.15, -0.1) is 0 Å². The van der Waals surface area contributed by atoms with Crippen LogP contribution in [0.4, 0.5) is 4.39 Å². The molecule has 2 aromatic rings. The Bertz CT molecular complexity index is 566. The lowest BCUT2D eigenvalue weighted by Gasteiger charge is -2.03. The molecule has 0 atom stereocenters. The van der Waals surface area contributed by atoms with Crippen molar-refractivity contribution in [2.24, 2.45) is 0 Å². The predicted molar refractivity (Wildman–Crippen MR) is 67.8 cm³/mol. The van der Waals surface area contributed by atoms with Crippen molar-refractivity contribution in [3.8, 4) is 0 Å². The molecular formula is C14H15FN2O2. The van der Waals surface area contributed by atoms with Crippen molar-refractivity contribution in [3.63, 3.8) is 0 Å². The zero-order valence-electron chi connectivity index (χ0n) is 10.6. The van der Waals surface area contributed by atoms with Crippen LogP contribution < -0.4 is 5.32 Å². The number of carbonyl (C=O) groups excluding carboxylic acids is 1. The molecule has 5 heteroatoms. The van der Waals surface area contributed by atoms with Crippen LogP contribution in [0, 0.1) is 12.7 Å². The molecule has 4 nitrogen and oxygen atoms in total. The van der Waals surface area contributed by atoms with E-state index in [9.17, 15) is 9.18 Å². The fourth-order valence-electron chi connectivity index (χ4n) is 1.72. The van der Waals surface area contributed by atoms with Gasteiger partial charge in [0, 0.05) is 13.3 Å². The number of aryl methyl sites for hydroxylation is 2. The molecule has 1 aromatic heterocycles. The average molecular weight is 262 g/mol. The molecule has 19 heavy (non-hydrogen) atoms. The van der Waals surface area contributed by atoms with Crippen LogP contribution in [0.25, 0.3) is 0 Å². The summed E-state index contributed by atoms with van der Waals surface area (Å²) in [7, 11) is 0. The maximum atomic E-state index is 12.9. The van der Waals surface area contributed by atoms with E-state index < -0.39 is 0 Å². The van der Waals surface area contributed by atoms with Crippen LogP contribution in [-0.4, -0.2) is 10.9 Å². The SMILES string of the molecule is Cc1nc(CNC(=O)CCc2cccc(F)c2)co1. The Hall–Kier alpha value is -2.17. The van der Waals surface area contributed by atoms with E-state index in [4.69, 9.17) is 4.42 Å². The summed E-state index contributed by atoms with van der Waals surface area (Å²) in [6, 6.07) is 6.27. The normalized spacial score (nSPS) is 10.4. The maximum absolute atomic E-state index is 12.9. The van der Waals surface area contributed by atoms with Gasteiger partial charge in [-0.25, -0.2) is 9.37 Å². The number of nitrogens with one attached hydrogen (secondary N) is 1. The third kappa shape index (κ3) is 4.21. The molecule has 1 amide bonds. The highest BCUT2D eigenvalue weighted by Crippen LogP contribution is 2.06. The number of oxazole rings is 1. The second kappa shape index (κ2) is 6.13. The largest absolute Gasteiger partial charge is 0.449 e. The van der Waals surface area contributed by atoms with Gasteiger partial charge in [0.2, 0.25) is 5.91 Å². The lowest BCUT2D eigenvalue weighted by atomic mass is 10.1. The van der Waals surface area contributed by atoms with Crippen LogP contribution in [-0.2, 0) is 17.8 Å². The Labute approximate surface area is 110 Å². The van der Waals surface area contributed by atoms with Crippen molar-refractivity contribution in [1.29, 1.82) is 0 Å². The van der Waals surface area contributed by atoms with E-state index >= 15 is 0 Å². The molecule has 100 valence electrons. The first kappa shape index (κ1) is 13.3. The number of hydrogen-bond acceptors (Lipinski definition) is 3. The first-order valence-corrected chi connectivity index (χ1v) is 6.05. The Kier molecular flexibility index (Phi) is 4.28. The summed E-state index contributed by atoms with van der Waals surface area (Å²) in [4.78, 5) is 15.7. The average Bonchev–Trinajstić information content (AvgIpc) is 2.80. The molecule has 1 N–H and O–H groups in total. The minimum absolute atomic E-state index is 0.0927. The van der Waals surface area contributed by atoms with E-state index in [0.717, 1.165) is 5.56 Å². The van der Waals surface area contributed by atoms with Gasteiger partial charge in [0.05, 0.1) is 12.2 Å². The van der Waals surface area contributed by atoms with Gasteiger partial charge in [-0.2, -0.15) is 0 Å². The van der Waals surface area contributed by atoms with E-state index in [2.05, 4.69) is 10.3 Å². The van der Waals surface area contributed by atoms with E-state index in [1.807, 2.05) is 0 Å². The highest BCUT2D eigenvalue weighted by atomic mass is 19.1. The third-order valence-corrected chi connectivity index (χ3v) is 2.66. The molecule has 0 aliphatic rings. The maximum Gasteiger partial charge on any atom is 0.220 e. The smallest absolute Gasteiger partial charge is 0.220 e. The summed E-state index contributed by atoms with van der Waals surface area (Å²) in [5, 5.41) is 2.74. The fourth-order valence-corrected chi connectivity index (χ4v) is 1.72. The topological polar surface area (TPSA) is 55.1 Å². The molecule has 0 bridgehead atoms. The number of rotatable bonds is 5. The van der Waals surface area contributed by atoms with Crippen LogP contribution in [0.1, 0.15) is 23.6 Å². The molecule has 0 saturated heterocycles. The Morgan fingerprint density at radius 3 is 3.00 bits per heavy atom. The van der Waals surface area contributed by atoms with Crippen molar-refractivity contribution >= 4 is 5.91 Å².